The number of hydrogen-bond acceptors (Lipinski definition) is 4. The first-order valence-corrected chi connectivity index (χ1v) is 20.5. The summed E-state index contributed by atoms with van der Waals surface area (Å²) in [4.78, 5) is 15.5. The van der Waals surface area contributed by atoms with E-state index in [0.29, 0.717) is 17.5 Å². The molecule has 0 bridgehead atoms. The predicted molar refractivity (Wildman–Crippen MR) is 251 cm³/mol. The quantitative estimate of drug-likeness (QED) is 0.154. The average molecular weight is 780 g/mol. The Balaban J connectivity index is 1.02. The Morgan fingerprint density at radius 3 is 1.16 bits per heavy atom. The van der Waals surface area contributed by atoms with Gasteiger partial charge in [0.2, 0.25) is 0 Å². The summed E-state index contributed by atoms with van der Waals surface area (Å²) < 4.78 is 6.75. The minimum absolute atomic E-state index is 0.581. The van der Waals surface area contributed by atoms with Gasteiger partial charge in [-0.2, -0.15) is 0 Å². The molecule has 11 aromatic rings. The van der Waals surface area contributed by atoms with Crippen molar-refractivity contribution in [2.75, 3.05) is 0 Å². The van der Waals surface area contributed by atoms with Crippen LogP contribution in [0.15, 0.2) is 229 Å². The Morgan fingerprint density at radius 2 is 0.639 bits per heavy atom. The van der Waals surface area contributed by atoms with Crippen molar-refractivity contribution in [1.29, 1.82) is 0 Å². The lowest BCUT2D eigenvalue weighted by Crippen LogP contribution is -2.00. The van der Waals surface area contributed by atoms with E-state index in [2.05, 4.69) is 194 Å². The van der Waals surface area contributed by atoms with Gasteiger partial charge in [0.05, 0.1) is 0 Å². The van der Waals surface area contributed by atoms with Crippen LogP contribution in [0.2, 0.25) is 0 Å². The van der Waals surface area contributed by atoms with E-state index in [1.807, 2.05) is 30.3 Å². The molecular weight excluding hydrogens is 743 g/mol. The molecule has 0 fully saturated rings. The highest BCUT2D eigenvalue weighted by Crippen LogP contribution is 2.41. The van der Waals surface area contributed by atoms with Crippen LogP contribution in [-0.4, -0.2) is 15.0 Å². The van der Waals surface area contributed by atoms with Gasteiger partial charge in [-0.3, -0.25) is 0 Å². The molecule has 4 nitrogen and oxygen atoms in total. The molecule has 0 atom stereocenters. The topological polar surface area (TPSA) is 51.8 Å². The van der Waals surface area contributed by atoms with E-state index in [-0.39, 0.29) is 0 Å². The summed E-state index contributed by atoms with van der Waals surface area (Å²) in [5.41, 5.74) is 15.7. The molecule has 0 aliphatic rings. The van der Waals surface area contributed by atoms with E-state index in [1.165, 1.54) is 16.7 Å². The van der Waals surface area contributed by atoms with Crippen LogP contribution in [0.3, 0.4) is 0 Å². The third kappa shape index (κ3) is 6.96. The predicted octanol–water partition coefficient (Wildman–Crippen LogP) is 15.1. The van der Waals surface area contributed by atoms with Crippen molar-refractivity contribution >= 4 is 21.9 Å². The fraction of sp³-hybridized carbons (Fsp3) is 0. The summed E-state index contributed by atoms with van der Waals surface area (Å²) in [6, 6.07) is 78.1. The summed E-state index contributed by atoms with van der Waals surface area (Å²) in [5.74, 6) is 1.78. The molecule has 0 amide bonds. The van der Waals surface area contributed by atoms with Crippen LogP contribution in [0.1, 0.15) is 0 Å². The van der Waals surface area contributed by atoms with Crippen LogP contribution >= 0.6 is 0 Å². The molecule has 11 rings (SSSR count). The lowest BCUT2D eigenvalue weighted by atomic mass is 9.97. The number of nitrogens with zero attached hydrogens (tertiary/aromatic N) is 3. The van der Waals surface area contributed by atoms with Gasteiger partial charge in [0.15, 0.2) is 17.5 Å². The van der Waals surface area contributed by atoms with Gasteiger partial charge in [-0.05, 0) is 62.2 Å². The van der Waals surface area contributed by atoms with Gasteiger partial charge in [0.25, 0.3) is 0 Å². The molecule has 0 spiro atoms. The fourth-order valence-electron chi connectivity index (χ4n) is 8.25. The normalized spacial score (nSPS) is 11.3. The van der Waals surface area contributed by atoms with Crippen molar-refractivity contribution in [2.24, 2.45) is 0 Å². The molecule has 9 aromatic carbocycles. The first-order valence-electron chi connectivity index (χ1n) is 20.5. The van der Waals surface area contributed by atoms with Gasteiger partial charge in [0, 0.05) is 33.0 Å². The highest BCUT2D eigenvalue weighted by Gasteiger charge is 2.20. The van der Waals surface area contributed by atoms with E-state index < -0.39 is 0 Å². The second kappa shape index (κ2) is 15.5. The molecule has 2 aromatic heterocycles. The maximum absolute atomic E-state index is 6.75. The van der Waals surface area contributed by atoms with Gasteiger partial charge in [-0.15, -0.1) is 0 Å². The molecule has 0 aliphatic carbocycles. The summed E-state index contributed by atoms with van der Waals surface area (Å²) in [5, 5.41) is 1.97. The molecule has 2 heterocycles. The maximum atomic E-state index is 6.75. The molecule has 0 radical (unpaired) electrons. The zero-order valence-corrected chi connectivity index (χ0v) is 33.1. The largest absolute Gasteiger partial charge is 0.455 e. The number of furan rings is 1. The number of para-hydroxylation sites is 1. The molecule has 0 saturated carbocycles. The van der Waals surface area contributed by atoms with Crippen LogP contribution < -0.4 is 0 Å². The van der Waals surface area contributed by atoms with Crippen LogP contribution in [-0.2, 0) is 0 Å². The maximum Gasteiger partial charge on any atom is 0.164 e. The molecule has 0 unspecified atom stereocenters. The zero-order valence-electron chi connectivity index (χ0n) is 33.1. The second-order valence-corrected chi connectivity index (χ2v) is 15.2. The van der Waals surface area contributed by atoms with Crippen LogP contribution in [0.4, 0.5) is 0 Å². The standard InChI is InChI=1S/C57H37N3O/c1-4-13-38(14-5-1)41-25-27-43(28-26-41)44-31-35-46(36-32-44)56-58-55(45-33-29-42(30-34-45)39-15-6-2-7-16-39)59-57(60-56)51-23-12-24-52-53(51)50-22-11-21-49(54(50)61-52)48-20-10-19-47(37-48)40-17-8-3-9-18-40/h1-37H. The van der Waals surface area contributed by atoms with Gasteiger partial charge >= 0.3 is 0 Å². The SMILES string of the molecule is c1ccc(-c2ccc(-c3ccc(-c4nc(-c5ccc(-c6ccccc6)cc5)nc(-c5cccc6oc7c(-c8cccc(-c9ccccc9)c8)cccc7c56)n4)cc3)cc2)cc1. The highest BCUT2D eigenvalue weighted by molar-refractivity contribution is 6.15. The van der Waals surface area contributed by atoms with Crippen LogP contribution in [0, 0.1) is 0 Å². The number of rotatable bonds is 8. The van der Waals surface area contributed by atoms with Crippen molar-refractivity contribution in [3.63, 3.8) is 0 Å². The minimum atomic E-state index is 0.581. The number of fused-ring (bicyclic) bond motifs is 3. The smallest absolute Gasteiger partial charge is 0.164 e. The van der Waals surface area contributed by atoms with Crippen molar-refractivity contribution in [1.82, 2.24) is 15.0 Å². The molecule has 61 heavy (non-hydrogen) atoms. The lowest BCUT2D eigenvalue weighted by molar-refractivity contribution is 0.670. The fourth-order valence-corrected chi connectivity index (χ4v) is 8.25. The minimum Gasteiger partial charge on any atom is -0.455 e. The van der Waals surface area contributed by atoms with E-state index in [1.54, 1.807) is 0 Å². The van der Waals surface area contributed by atoms with Crippen molar-refractivity contribution < 1.29 is 4.42 Å². The Kier molecular flexibility index (Phi) is 9.14. The van der Waals surface area contributed by atoms with Crippen molar-refractivity contribution in [3.05, 3.63) is 224 Å². The molecule has 0 saturated heterocycles. The van der Waals surface area contributed by atoms with Gasteiger partial charge in [-0.1, -0.05) is 212 Å². The Labute approximate surface area is 354 Å². The first kappa shape index (κ1) is 35.9. The van der Waals surface area contributed by atoms with Gasteiger partial charge in [0.1, 0.15) is 11.2 Å². The van der Waals surface area contributed by atoms with E-state index in [9.17, 15) is 0 Å². The molecule has 0 N–H and O–H groups in total. The van der Waals surface area contributed by atoms with Crippen molar-refractivity contribution in [2.45, 2.75) is 0 Å². The summed E-state index contributed by atoms with van der Waals surface area (Å²) in [6.07, 6.45) is 0. The first-order chi connectivity index (χ1) is 30.2. The second-order valence-electron chi connectivity index (χ2n) is 15.2. The molecule has 4 heteroatoms. The Bertz CT molecular complexity index is 3300. The lowest BCUT2D eigenvalue weighted by Gasteiger charge is -2.11. The monoisotopic (exact) mass is 779 g/mol. The summed E-state index contributed by atoms with van der Waals surface area (Å²) >= 11 is 0. The van der Waals surface area contributed by atoms with Crippen LogP contribution in [0.5, 0.6) is 0 Å². The van der Waals surface area contributed by atoms with Gasteiger partial charge in [-0.25, -0.2) is 15.0 Å². The number of hydrogen-bond donors (Lipinski definition) is 0. The Morgan fingerprint density at radius 1 is 0.262 bits per heavy atom. The molecule has 286 valence electrons. The average Bonchev–Trinajstić information content (AvgIpc) is 3.74. The van der Waals surface area contributed by atoms with Crippen LogP contribution in [0.25, 0.3) is 112 Å². The van der Waals surface area contributed by atoms with E-state index in [4.69, 9.17) is 19.4 Å². The zero-order chi connectivity index (χ0) is 40.5. The summed E-state index contributed by atoms with van der Waals surface area (Å²) in [6.45, 7) is 0. The third-order valence-corrected chi connectivity index (χ3v) is 11.4. The molecular formula is C57H37N3O. The highest BCUT2D eigenvalue weighted by atomic mass is 16.3. The van der Waals surface area contributed by atoms with E-state index in [0.717, 1.165) is 77.6 Å². The number of aromatic nitrogens is 3. The van der Waals surface area contributed by atoms with Crippen molar-refractivity contribution in [3.8, 4) is 89.8 Å². The number of benzene rings is 9. The van der Waals surface area contributed by atoms with E-state index >= 15 is 0 Å². The third-order valence-electron chi connectivity index (χ3n) is 11.4. The summed E-state index contributed by atoms with van der Waals surface area (Å²) in [7, 11) is 0. The molecule has 0 aliphatic heterocycles. The Hall–Kier alpha value is -8.21. The van der Waals surface area contributed by atoms with Gasteiger partial charge < -0.3 is 4.42 Å².